The molecule has 0 saturated carbocycles. The fourth-order valence-electron chi connectivity index (χ4n) is 1.78. The van der Waals surface area contributed by atoms with Gasteiger partial charge in [0.25, 0.3) is 5.91 Å². The van der Waals surface area contributed by atoms with Crippen LogP contribution in [0, 0.1) is 0 Å². The van der Waals surface area contributed by atoms with Gasteiger partial charge in [0.2, 0.25) is 5.91 Å². The predicted octanol–water partition coefficient (Wildman–Crippen LogP) is 0.144. The van der Waals surface area contributed by atoms with E-state index in [0.29, 0.717) is 13.1 Å². The molecule has 0 bridgehead atoms. The number of hydrogen-bond donors (Lipinski definition) is 2. The van der Waals surface area contributed by atoms with Crippen LogP contribution in [-0.4, -0.2) is 46.4 Å². The number of rotatable bonds is 2. The predicted molar refractivity (Wildman–Crippen MR) is 64.8 cm³/mol. The Kier molecular flexibility index (Phi) is 3.79. The van der Waals surface area contributed by atoms with Crippen LogP contribution in [0.15, 0.2) is 11.1 Å². The molecule has 6 nitrogen and oxygen atoms in total. The molecule has 2 N–H and O–H groups in total. The van der Waals surface area contributed by atoms with Gasteiger partial charge in [0.1, 0.15) is 5.54 Å². The Morgan fingerprint density at radius 3 is 2.33 bits per heavy atom. The summed E-state index contributed by atoms with van der Waals surface area (Å²) >= 11 is 0. The highest BCUT2D eigenvalue weighted by molar-refractivity contribution is 6.04. The Labute approximate surface area is 106 Å². The van der Waals surface area contributed by atoms with Gasteiger partial charge in [0, 0.05) is 24.2 Å². The minimum Gasteiger partial charge on any atom is -0.478 e. The van der Waals surface area contributed by atoms with Crippen molar-refractivity contribution in [2.75, 3.05) is 13.1 Å². The van der Waals surface area contributed by atoms with Gasteiger partial charge in [-0.3, -0.25) is 9.59 Å². The van der Waals surface area contributed by atoms with Gasteiger partial charge in [-0.15, -0.1) is 0 Å². The number of carbonyl (C=O) groups excluding carboxylic acids is 2. The Balaban J connectivity index is 3.07. The highest BCUT2D eigenvalue weighted by atomic mass is 16.4. The molecule has 1 fully saturated rings. The van der Waals surface area contributed by atoms with Crippen LogP contribution in [0.3, 0.4) is 0 Å². The number of nitrogens with one attached hydrogen (secondary N) is 1. The second kappa shape index (κ2) is 4.80. The number of amides is 2. The van der Waals surface area contributed by atoms with Gasteiger partial charge in [0.15, 0.2) is 0 Å². The van der Waals surface area contributed by atoms with E-state index in [1.807, 2.05) is 0 Å². The van der Waals surface area contributed by atoms with Crippen LogP contribution in [0.1, 0.15) is 27.7 Å². The standard InChI is InChI=1S/C12H18N2O4/c1-7(8(2)10(16)17)9(15)14-6-5-13-11(18)12(14,3)4/h5-6H2,1-4H3,(H,13,18)(H,16,17)/b8-7-. The molecule has 0 spiro atoms. The third-order valence-electron chi connectivity index (χ3n) is 3.30. The van der Waals surface area contributed by atoms with E-state index in [1.165, 1.54) is 18.7 Å². The van der Waals surface area contributed by atoms with E-state index in [-0.39, 0.29) is 17.1 Å². The second-order valence-electron chi connectivity index (χ2n) is 4.83. The van der Waals surface area contributed by atoms with E-state index in [0.717, 1.165) is 0 Å². The van der Waals surface area contributed by atoms with Crippen LogP contribution in [0.4, 0.5) is 0 Å². The lowest BCUT2D eigenvalue weighted by molar-refractivity contribution is -0.146. The number of aliphatic carboxylic acids is 1. The Morgan fingerprint density at radius 1 is 1.28 bits per heavy atom. The van der Waals surface area contributed by atoms with Crippen LogP contribution >= 0.6 is 0 Å². The van der Waals surface area contributed by atoms with Crippen molar-refractivity contribution < 1.29 is 19.5 Å². The van der Waals surface area contributed by atoms with Crippen LogP contribution in [0.2, 0.25) is 0 Å². The number of carbonyl (C=O) groups is 3. The fourth-order valence-corrected chi connectivity index (χ4v) is 1.78. The molecule has 0 unspecified atom stereocenters. The molecule has 6 heteroatoms. The molecule has 0 atom stereocenters. The number of carboxylic acid groups (broad SMARTS) is 1. The first kappa shape index (κ1) is 14.2. The van der Waals surface area contributed by atoms with Crippen molar-refractivity contribution in [1.82, 2.24) is 10.2 Å². The summed E-state index contributed by atoms with van der Waals surface area (Å²) in [5, 5.41) is 11.6. The maximum absolute atomic E-state index is 12.2. The largest absolute Gasteiger partial charge is 0.478 e. The van der Waals surface area contributed by atoms with Crippen molar-refractivity contribution in [3.8, 4) is 0 Å². The first-order valence-corrected chi connectivity index (χ1v) is 5.70. The molecular formula is C12H18N2O4. The number of carboxylic acids is 1. The van der Waals surface area contributed by atoms with Crippen LogP contribution in [0.25, 0.3) is 0 Å². The van der Waals surface area contributed by atoms with E-state index >= 15 is 0 Å². The van der Waals surface area contributed by atoms with Gasteiger partial charge in [-0.05, 0) is 27.7 Å². The third-order valence-corrected chi connectivity index (χ3v) is 3.30. The van der Waals surface area contributed by atoms with Crippen molar-refractivity contribution in [3.05, 3.63) is 11.1 Å². The number of nitrogens with zero attached hydrogens (tertiary/aromatic N) is 1. The summed E-state index contributed by atoms with van der Waals surface area (Å²) in [5.41, 5.74) is -0.804. The van der Waals surface area contributed by atoms with Gasteiger partial charge in [0.05, 0.1) is 0 Å². The van der Waals surface area contributed by atoms with E-state index in [9.17, 15) is 14.4 Å². The van der Waals surface area contributed by atoms with Crippen LogP contribution in [0.5, 0.6) is 0 Å². The first-order chi connectivity index (χ1) is 8.19. The quantitative estimate of drug-likeness (QED) is 0.686. The average Bonchev–Trinajstić information content (AvgIpc) is 2.29. The van der Waals surface area contributed by atoms with Crippen molar-refractivity contribution in [1.29, 1.82) is 0 Å². The summed E-state index contributed by atoms with van der Waals surface area (Å²) in [7, 11) is 0. The summed E-state index contributed by atoms with van der Waals surface area (Å²) in [6.07, 6.45) is 0. The zero-order valence-corrected chi connectivity index (χ0v) is 11.0. The molecule has 1 aliphatic rings. The Bertz CT molecular complexity index is 437. The van der Waals surface area contributed by atoms with Crippen molar-refractivity contribution >= 4 is 17.8 Å². The molecule has 0 aromatic rings. The molecule has 2 amide bonds. The smallest absolute Gasteiger partial charge is 0.331 e. The molecule has 0 aromatic heterocycles. The van der Waals surface area contributed by atoms with E-state index < -0.39 is 17.4 Å². The molecular weight excluding hydrogens is 236 g/mol. The summed E-state index contributed by atoms with van der Waals surface area (Å²) in [4.78, 5) is 36.2. The minimum atomic E-state index is -1.12. The van der Waals surface area contributed by atoms with Gasteiger partial charge >= 0.3 is 5.97 Å². The summed E-state index contributed by atoms with van der Waals surface area (Å²) < 4.78 is 0. The minimum absolute atomic E-state index is 0.00165. The summed E-state index contributed by atoms with van der Waals surface area (Å²) in [6.45, 7) is 6.89. The van der Waals surface area contributed by atoms with Gasteiger partial charge in [-0.2, -0.15) is 0 Å². The molecule has 0 radical (unpaired) electrons. The van der Waals surface area contributed by atoms with Crippen molar-refractivity contribution in [2.45, 2.75) is 33.2 Å². The summed E-state index contributed by atoms with van der Waals surface area (Å²) in [6, 6.07) is 0. The second-order valence-corrected chi connectivity index (χ2v) is 4.83. The molecule has 100 valence electrons. The topological polar surface area (TPSA) is 86.7 Å². The summed E-state index contributed by atoms with van der Waals surface area (Å²) in [5.74, 6) is -1.77. The molecule has 0 aromatic carbocycles. The van der Waals surface area contributed by atoms with Crippen LogP contribution < -0.4 is 5.32 Å². The molecule has 1 heterocycles. The van der Waals surface area contributed by atoms with Gasteiger partial charge in [-0.25, -0.2) is 4.79 Å². The monoisotopic (exact) mass is 254 g/mol. The lowest BCUT2D eigenvalue weighted by Crippen LogP contribution is -2.63. The first-order valence-electron chi connectivity index (χ1n) is 5.70. The van der Waals surface area contributed by atoms with Gasteiger partial charge in [-0.1, -0.05) is 0 Å². The lowest BCUT2D eigenvalue weighted by atomic mass is 9.97. The third kappa shape index (κ3) is 2.37. The highest BCUT2D eigenvalue weighted by Crippen LogP contribution is 2.21. The SMILES string of the molecule is C/C(C(=O)O)=C(\C)C(=O)N1CCNC(=O)C1(C)C. The Hall–Kier alpha value is -1.85. The lowest BCUT2D eigenvalue weighted by Gasteiger charge is -2.41. The Morgan fingerprint density at radius 2 is 1.83 bits per heavy atom. The maximum atomic E-state index is 12.2. The zero-order valence-electron chi connectivity index (χ0n) is 11.0. The van der Waals surface area contributed by atoms with Crippen molar-refractivity contribution in [2.24, 2.45) is 0 Å². The van der Waals surface area contributed by atoms with Gasteiger partial charge < -0.3 is 15.3 Å². The van der Waals surface area contributed by atoms with Crippen molar-refractivity contribution in [3.63, 3.8) is 0 Å². The molecule has 1 aliphatic heterocycles. The maximum Gasteiger partial charge on any atom is 0.331 e. The fraction of sp³-hybridized carbons (Fsp3) is 0.583. The molecule has 1 saturated heterocycles. The average molecular weight is 254 g/mol. The van der Waals surface area contributed by atoms with E-state index in [4.69, 9.17) is 5.11 Å². The van der Waals surface area contributed by atoms with Crippen LogP contribution in [-0.2, 0) is 14.4 Å². The normalized spacial score (nSPS) is 20.0. The van der Waals surface area contributed by atoms with E-state index in [2.05, 4.69) is 5.32 Å². The molecule has 18 heavy (non-hydrogen) atoms. The highest BCUT2D eigenvalue weighted by Gasteiger charge is 2.41. The molecule has 0 aliphatic carbocycles. The molecule has 1 rings (SSSR count). The van der Waals surface area contributed by atoms with E-state index in [1.54, 1.807) is 13.8 Å². The number of hydrogen-bond acceptors (Lipinski definition) is 3. The zero-order chi connectivity index (χ0) is 14.1. The number of piperazine rings is 1.